The summed E-state index contributed by atoms with van der Waals surface area (Å²) in [7, 11) is 0. The number of nitrogens with zero attached hydrogens (tertiary/aromatic N) is 1. The molecule has 0 aromatic heterocycles. The van der Waals surface area contributed by atoms with E-state index in [4.69, 9.17) is 12.6 Å². The van der Waals surface area contributed by atoms with Gasteiger partial charge in [0.05, 0.1) is 11.6 Å². The minimum absolute atomic E-state index is 0.0217. The average Bonchev–Trinajstić information content (AvgIpc) is 2.92. The van der Waals surface area contributed by atoms with Crippen LogP contribution in [-0.2, 0) is 0 Å². The van der Waals surface area contributed by atoms with E-state index in [1.165, 1.54) is 38.7 Å². The van der Waals surface area contributed by atoms with E-state index < -0.39 is 6.43 Å². The Balaban J connectivity index is 1.67. The summed E-state index contributed by atoms with van der Waals surface area (Å²) in [5, 5.41) is 14.1. The zero-order valence-corrected chi connectivity index (χ0v) is 23.1. The van der Waals surface area contributed by atoms with Gasteiger partial charge in [-0.25, -0.2) is 8.78 Å². The Morgan fingerprint density at radius 1 is 0.868 bits per heavy atom. The van der Waals surface area contributed by atoms with Crippen LogP contribution in [0.5, 0.6) is 0 Å². The summed E-state index contributed by atoms with van der Waals surface area (Å²) in [4.78, 5) is 0. The molecule has 0 bridgehead atoms. The molecular formula is C33H24BrF2NS. The van der Waals surface area contributed by atoms with Gasteiger partial charge in [0.15, 0.2) is 0 Å². The Labute approximate surface area is 234 Å². The van der Waals surface area contributed by atoms with Gasteiger partial charge in [0.2, 0.25) is 0 Å². The van der Waals surface area contributed by atoms with Crippen molar-refractivity contribution < 1.29 is 8.78 Å². The highest BCUT2D eigenvalue weighted by Gasteiger charge is 2.37. The first kappa shape index (κ1) is 25.1. The maximum atomic E-state index is 13.7. The first-order valence-corrected chi connectivity index (χ1v) is 13.9. The second-order valence-corrected chi connectivity index (χ2v) is 11.6. The first-order chi connectivity index (χ1) is 18.4. The number of aryl methyl sites for hydroxylation is 1. The van der Waals surface area contributed by atoms with Crippen molar-refractivity contribution in [2.75, 3.05) is 0 Å². The molecule has 6 rings (SSSR count). The van der Waals surface area contributed by atoms with Crippen LogP contribution in [0.15, 0.2) is 89.4 Å². The number of benzene rings is 5. The molecule has 0 aliphatic heterocycles. The number of nitriles is 1. The molecule has 0 amide bonds. The zero-order chi connectivity index (χ0) is 26.6. The monoisotopic (exact) mass is 583 g/mol. The molecule has 3 atom stereocenters. The quantitative estimate of drug-likeness (QED) is 0.166. The fraction of sp³-hybridized carbons (Fsp3) is 0.182. The summed E-state index contributed by atoms with van der Waals surface area (Å²) in [6.07, 6.45) is -1.79. The topological polar surface area (TPSA) is 23.8 Å². The van der Waals surface area contributed by atoms with Gasteiger partial charge in [0.1, 0.15) is 0 Å². The molecule has 1 aliphatic rings. The Kier molecular flexibility index (Phi) is 6.50. The van der Waals surface area contributed by atoms with Gasteiger partial charge < -0.3 is 0 Å². The molecule has 0 spiro atoms. The van der Waals surface area contributed by atoms with E-state index in [2.05, 4.69) is 71.4 Å². The van der Waals surface area contributed by atoms with E-state index in [9.17, 15) is 14.0 Å². The van der Waals surface area contributed by atoms with E-state index in [0.29, 0.717) is 5.56 Å². The fourth-order valence-corrected chi connectivity index (χ4v) is 7.41. The third-order valence-corrected chi connectivity index (χ3v) is 9.09. The molecule has 0 saturated carbocycles. The third-order valence-electron chi connectivity index (χ3n) is 7.90. The van der Waals surface area contributed by atoms with Crippen LogP contribution in [-0.4, -0.2) is 5.25 Å². The lowest BCUT2D eigenvalue weighted by molar-refractivity contribution is 0.151. The maximum Gasteiger partial charge on any atom is 0.263 e. The highest BCUT2D eigenvalue weighted by Crippen LogP contribution is 2.51. The number of rotatable bonds is 3. The van der Waals surface area contributed by atoms with E-state index in [0.717, 1.165) is 27.6 Å². The molecular weight excluding hydrogens is 560 g/mol. The van der Waals surface area contributed by atoms with Gasteiger partial charge in [-0.2, -0.15) is 17.9 Å². The van der Waals surface area contributed by atoms with E-state index in [1.54, 1.807) is 12.1 Å². The molecule has 5 heteroatoms. The molecule has 188 valence electrons. The largest absolute Gasteiger partial charge is 0.263 e. The summed E-state index contributed by atoms with van der Waals surface area (Å²) in [5.74, 6) is -0.106. The molecule has 0 N–H and O–H groups in total. The van der Waals surface area contributed by atoms with Crippen molar-refractivity contribution in [1.29, 1.82) is 5.26 Å². The Morgan fingerprint density at radius 3 is 2.34 bits per heavy atom. The van der Waals surface area contributed by atoms with Gasteiger partial charge in [-0.3, -0.25) is 0 Å². The van der Waals surface area contributed by atoms with Crippen molar-refractivity contribution in [2.24, 2.45) is 0 Å². The third kappa shape index (κ3) is 4.11. The fourth-order valence-electron chi connectivity index (χ4n) is 6.21. The van der Waals surface area contributed by atoms with Crippen LogP contribution in [0, 0.1) is 18.3 Å². The molecule has 3 unspecified atom stereocenters. The van der Waals surface area contributed by atoms with Crippen molar-refractivity contribution in [2.45, 2.75) is 36.9 Å². The van der Waals surface area contributed by atoms with Crippen LogP contribution in [0.2, 0.25) is 0 Å². The van der Waals surface area contributed by atoms with Crippen LogP contribution in [0.25, 0.3) is 21.5 Å². The Morgan fingerprint density at radius 2 is 1.61 bits per heavy atom. The van der Waals surface area contributed by atoms with E-state index in [-0.39, 0.29) is 22.6 Å². The van der Waals surface area contributed by atoms with E-state index >= 15 is 0 Å². The SMILES string of the molecule is Cc1cc2c3c(ccc2c2ccccc12)C(c1cccc(C(F)F)c1)C(S)CC3c1ccc(C#N)cc1Br. The minimum atomic E-state index is -2.52. The van der Waals surface area contributed by atoms with Gasteiger partial charge in [0, 0.05) is 27.1 Å². The van der Waals surface area contributed by atoms with Crippen molar-refractivity contribution in [1.82, 2.24) is 0 Å². The van der Waals surface area contributed by atoms with Crippen molar-refractivity contribution in [3.05, 3.63) is 128 Å². The Hall–Kier alpha value is -3.20. The van der Waals surface area contributed by atoms with E-state index in [1.807, 2.05) is 24.3 Å². The van der Waals surface area contributed by atoms with Crippen LogP contribution in [0.1, 0.15) is 63.6 Å². The number of halogens is 3. The summed E-state index contributed by atoms with van der Waals surface area (Å²) < 4.78 is 28.2. The molecule has 0 fully saturated rings. The second kappa shape index (κ2) is 9.84. The lowest BCUT2D eigenvalue weighted by Gasteiger charge is -2.38. The number of thiol groups is 1. The van der Waals surface area contributed by atoms with Gasteiger partial charge in [-0.05, 0) is 80.9 Å². The molecule has 38 heavy (non-hydrogen) atoms. The number of fused-ring (bicyclic) bond motifs is 5. The molecule has 1 aliphatic carbocycles. The average molecular weight is 585 g/mol. The van der Waals surface area contributed by atoms with Crippen LogP contribution in [0.3, 0.4) is 0 Å². The predicted molar refractivity (Wildman–Crippen MR) is 158 cm³/mol. The van der Waals surface area contributed by atoms with Crippen molar-refractivity contribution in [3.8, 4) is 6.07 Å². The highest BCUT2D eigenvalue weighted by atomic mass is 79.9. The highest BCUT2D eigenvalue weighted by molar-refractivity contribution is 9.10. The summed E-state index contributed by atoms with van der Waals surface area (Å²) >= 11 is 8.82. The van der Waals surface area contributed by atoms with Crippen LogP contribution in [0.4, 0.5) is 8.78 Å². The number of hydrogen-bond donors (Lipinski definition) is 1. The van der Waals surface area contributed by atoms with Crippen molar-refractivity contribution in [3.63, 3.8) is 0 Å². The first-order valence-electron chi connectivity index (χ1n) is 12.6. The van der Waals surface area contributed by atoms with Gasteiger partial charge in [-0.15, -0.1) is 0 Å². The molecule has 0 heterocycles. The number of alkyl halides is 2. The van der Waals surface area contributed by atoms with Gasteiger partial charge >= 0.3 is 0 Å². The van der Waals surface area contributed by atoms with Crippen molar-refractivity contribution >= 4 is 50.1 Å². The zero-order valence-electron chi connectivity index (χ0n) is 20.6. The maximum absolute atomic E-state index is 13.7. The Bertz CT molecular complexity index is 1760. The van der Waals surface area contributed by atoms with Gasteiger partial charge in [-0.1, -0.05) is 82.7 Å². The van der Waals surface area contributed by atoms with Crippen LogP contribution < -0.4 is 0 Å². The van der Waals surface area contributed by atoms with Crippen LogP contribution >= 0.6 is 28.6 Å². The minimum Gasteiger partial charge on any atom is -0.205 e. The van der Waals surface area contributed by atoms with Gasteiger partial charge in [0.25, 0.3) is 6.43 Å². The smallest absolute Gasteiger partial charge is 0.205 e. The molecule has 5 aromatic carbocycles. The molecule has 5 aromatic rings. The molecule has 0 radical (unpaired) electrons. The molecule has 1 nitrogen and oxygen atoms in total. The summed E-state index contributed by atoms with van der Waals surface area (Å²) in [5.41, 5.74) is 6.11. The number of hydrogen-bond acceptors (Lipinski definition) is 2. The lowest BCUT2D eigenvalue weighted by atomic mass is 9.69. The summed E-state index contributed by atoms with van der Waals surface area (Å²) in [6, 6.07) is 29.8. The predicted octanol–water partition coefficient (Wildman–Crippen LogP) is 9.84. The normalized spacial score (nSPS) is 19.0. The summed E-state index contributed by atoms with van der Waals surface area (Å²) in [6.45, 7) is 2.14. The standard InChI is InChI=1S/C33H24BrF2NS/c1-18-13-27-24(23-8-3-2-7-22(18)23)11-12-26-31(20-5-4-6-21(15-20)33(35)36)30(38)16-28(32(26)27)25-10-9-19(17-37)14-29(25)34/h2-15,28,30-31,33,38H,16H2,1H3. The second-order valence-electron chi connectivity index (χ2n) is 10.1. The molecule has 0 saturated heterocycles. The lowest BCUT2D eigenvalue weighted by Crippen LogP contribution is -2.26.